The molecule has 16 heavy (non-hydrogen) atoms. The molecule has 1 fully saturated rings. The highest BCUT2D eigenvalue weighted by atomic mass is 16.4. The van der Waals surface area contributed by atoms with Crippen molar-refractivity contribution >= 4 is 5.97 Å². The second kappa shape index (κ2) is 5.17. The predicted octanol–water partition coefficient (Wildman–Crippen LogP) is 2.64. The zero-order valence-electron chi connectivity index (χ0n) is 10.7. The molecule has 1 aliphatic carbocycles. The van der Waals surface area contributed by atoms with Gasteiger partial charge in [0, 0.05) is 6.04 Å². The first-order valence-corrected chi connectivity index (χ1v) is 6.28. The normalized spacial score (nSPS) is 28.8. The Bertz CT molecular complexity index is 237. The highest BCUT2D eigenvalue weighted by Crippen LogP contribution is 2.40. The number of rotatable bonds is 3. The first-order chi connectivity index (χ1) is 7.30. The van der Waals surface area contributed by atoms with Gasteiger partial charge in [0.1, 0.15) is 0 Å². The SMILES string of the molecule is CC(C)(C)C1CCC([C@H](N)CC(=O)O)CC1. The molecule has 0 heterocycles. The van der Waals surface area contributed by atoms with E-state index in [4.69, 9.17) is 10.8 Å². The second-order valence-corrected chi connectivity index (χ2v) is 6.24. The van der Waals surface area contributed by atoms with Crippen LogP contribution in [-0.4, -0.2) is 17.1 Å². The Kier molecular flexibility index (Phi) is 4.36. The Morgan fingerprint density at radius 1 is 1.31 bits per heavy atom. The molecule has 0 unspecified atom stereocenters. The standard InChI is InChI=1S/C13H25NO2/c1-13(2,3)10-6-4-9(5-7-10)11(14)8-12(15)16/h9-11H,4-8,14H2,1-3H3,(H,15,16)/t9?,10?,11-/m1/s1. The molecule has 0 aliphatic heterocycles. The van der Waals surface area contributed by atoms with E-state index in [2.05, 4.69) is 20.8 Å². The number of hydrogen-bond donors (Lipinski definition) is 2. The van der Waals surface area contributed by atoms with Gasteiger partial charge in [0.2, 0.25) is 0 Å². The van der Waals surface area contributed by atoms with Crippen molar-refractivity contribution in [2.75, 3.05) is 0 Å². The largest absolute Gasteiger partial charge is 0.481 e. The van der Waals surface area contributed by atoms with Crippen LogP contribution >= 0.6 is 0 Å². The van der Waals surface area contributed by atoms with E-state index < -0.39 is 5.97 Å². The summed E-state index contributed by atoms with van der Waals surface area (Å²) in [5, 5.41) is 8.72. The smallest absolute Gasteiger partial charge is 0.304 e. The van der Waals surface area contributed by atoms with E-state index in [1.165, 1.54) is 12.8 Å². The van der Waals surface area contributed by atoms with Crippen LogP contribution in [0.25, 0.3) is 0 Å². The molecule has 3 heteroatoms. The average Bonchev–Trinajstić information content (AvgIpc) is 2.15. The molecule has 1 saturated carbocycles. The van der Waals surface area contributed by atoms with Crippen molar-refractivity contribution in [1.82, 2.24) is 0 Å². The summed E-state index contributed by atoms with van der Waals surface area (Å²) in [7, 11) is 0. The molecule has 0 amide bonds. The summed E-state index contributed by atoms with van der Waals surface area (Å²) in [6.45, 7) is 6.86. The second-order valence-electron chi connectivity index (χ2n) is 6.24. The molecule has 0 radical (unpaired) electrons. The Hall–Kier alpha value is -0.570. The first-order valence-electron chi connectivity index (χ1n) is 6.28. The molecule has 94 valence electrons. The summed E-state index contributed by atoms with van der Waals surface area (Å²) in [5.74, 6) is 0.404. The van der Waals surface area contributed by atoms with E-state index >= 15 is 0 Å². The third kappa shape index (κ3) is 3.78. The summed E-state index contributed by atoms with van der Waals surface area (Å²) in [4.78, 5) is 10.6. The van der Waals surface area contributed by atoms with Gasteiger partial charge in [-0.15, -0.1) is 0 Å². The van der Waals surface area contributed by atoms with E-state index in [1.54, 1.807) is 0 Å². The van der Waals surface area contributed by atoms with Gasteiger partial charge in [-0.3, -0.25) is 4.79 Å². The molecular formula is C13H25NO2. The van der Waals surface area contributed by atoms with Crippen LogP contribution in [0.2, 0.25) is 0 Å². The maximum atomic E-state index is 10.6. The van der Waals surface area contributed by atoms with Crippen molar-refractivity contribution in [3.8, 4) is 0 Å². The van der Waals surface area contributed by atoms with Crippen LogP contribution in [0.4, 0.5) is 0 Å². The Morgan fingerprint density at radius 2 is 1.81 bits per heavy atom. The van der Waals surface area contributed by atoms with E-state index in [9.17, 15) is 4.79 Å². The summed E-state index contributed by atoms with van der Waals surface area (Å²) in [6, 6.07) is -0.154. The summed E-state index contributed by atoms with van der Waals surface area (Å²) < 4.78 is 0. The van der Waals surface area contributed by atoms with E-state index in [0.717, 1.165) is 18.8 Å². The van der Waals surface area contributed by atoms with Crippen molar-refractivity contribution < 1.29 is 9.90 Å². The lowest BCUT2D eigenvalue weighted by Gasteiger charge is -2.38. The Balaban J connectivity index is 2.40. The molecule has 1 rings (SSSR count). The summed E-state index contributed by atoms with van der Waals surface area (Å²) in [5.41, 5.74) is 6.30. The lowest BCUT2D eigenvalue weighted by Crippen LogP contribution is -2.36. The first kappa shape index (κ1) is 13.5. The van der Waals surface area contributed by atoms with Gasteiger partial charge in [-0.2, -0.15) is 0 Å². The van der Waals surface area contributed by atoms with Crippen LogP contribution in [0.1, 0.15) is 52.9 Å². The number of aliphatic carboxylic acids is 1. The van der Waals surface area contributed by atoms with E-state index in [-0.39, 0.29) is 12.5 Å². The fraction of sp³-hybridized carbons (Fsp3) is 0.923. The lowest BCUT2D eigenvalue weighted by atomic mass is 9.68. The van der Waals surface area contributed by atoms with E-state index in [1.807, 2.05) is 0 Å². The molecule has 0 spiro atoms. The summed E-state index contributed by atoms with van der Waals surface area (Å²) >= 11 is 0. The molecule has 1 atom stereocenters. The van der Waals surface area contributed by atoms with Gasteiger partial charge in [0.15, 0.2) is 0 Å². The van der Waals surface area contributed by atoms with Crippen LogP contribution < -0.4 is 5.73 Å². The van der Waals surface area contributed by atoms with Crippen molar-refractivity contribution in [3.63, 3.8) is 0 Å². The Morgan fingerprint density at radius 3 is 2.19 bits per heavy atom. The number of carboxylic acid groups (broad SMARTS) is 1. The van der Waals surface area contributed by atoms with Crippen LogP contribution in [0.3, 0.4) is 0 Å². The minimum Gasteiger partial charge on any atom is -0.481 e. The third-order valence-corrected chi connectivity index (χ3v) is 4.01. The molecule has 3 nitrogen and oxygen atoms in total. The average molecular weight is 227 g/mol. The highest BCUT2D eigenvalue weighted by Gasteiger charge is 2.32. The molecule has 3 N–H and O–H groups in total. The maximum Gasteiger partial charge on any atom is 0.304 e. The molecule has 0 aromatic heterocycles. The van der Waals surface area contributed by atoms with Gasteiger partial charge in [-0.25, -0.2) is 0 Å². The molecule has 0 saturated heterocycles. The summed E-state index contributed by atoms with van der Waals surface area (Å²) in [6.07, 6.45) is 4.70. The van der Waals surface area contributed by atoms with Crippen molar-refractivity contribution in [1.29, 1.82) is 0 Å². The van der Waals surface area contributed by atoms with Crippen LogP contribution in [0.15, 0.2) is 0 Å². The van der Waals surface area contributed by atoms with Crippen LogP contribution in [0, 0.1) is 17.3 Å². The molecule has 1 aliphatic rings. The van der Waals surface area contributed by atoms with Crippen molar-refractivity contribution in [3.05, 3.63) is 0 Å². The highest BCUT2D eigenvalue weighted by molar-refractivity contribution is 5.67. The zero-order chi connectivity index (χ0) is 12.3. The third-order valence-electron chi connectivity index (χ3n) is 4.01. The van der Waals surface area contributed by atoms with Gasteiger partial charge in [0.25, 0.3) is 0 Å². The number of nitrogens with two attached hydrogens (primary N) is 1. The Labute approximate surface area is 98.4 Å². The van der Waals surface area contributed by atoms with Crippen LogP contribution in [-0.2, 0) is 4.79 Å². The molecule has 0 aromatic rings. The van der Waals surface area contributed by atoms with Crippen LogP contribution in [0.5, 0.6) is 0 Å². The number of carboxylic acids is 1. The maximum absolute atomic E-state index is 10.6. The van der Waals surface area contributed by atoms with Gasteiger partial charge in [-0.05, 0) is 42.9 Å². The minimum atomic E-state index is -0.773. The molecule has 0 bridgehead atoms. The topological polar surface area (TPSA) is 63.3 Å². The minimum absolute atomic E-state index is 0.116. The molecule has 0 aromatic carbocycles. The van der Waals surface area contributed by atoms with Crippen molar-refractivity contribution in [2.24, 2.45) is 23.0 Å². The lowest BCUT2D eigenvalue weighted by molar-refractivity contribution is -0.137. The fourth-order valence-corrected chi connectivity index (χ4v) is 2.78. The van der Waals surface area contributed by atoms with E-state index in [0.29, 0.717) is 11.3 Å². The fourth-order valence-electron chi connectivity index (χ4n) is 2.78. The number of hydrogen-bond acceptors (Lipinski definition) is 2. The quantitative estimate of drug-likeness (QED) is 0.779. The molecular weight excluding hydrogens is 202 g/mol. The van der Waals surface area contributed by atoms with Gasteiger partial charge >= 0.3 is 5.97 Å². The monoisotopic (exact) mass is 227 g/mol. The van der Waals surface area contributed by atoms with Crippen molar-refractivity contribution in [2.45, 2.75) is 58.9 Å². The van der Waals surface area contributed by atoms with Gasteiger partial charge in [0.05, 0.1) is 6.42 Å². The number of carbonyl (C=O) groups is 1. The van der Waals surface area contributed by atoms with Gasteiger partial charge < -0.3 is 10.8 Å². The zero-order valence-corrected chi connectivity index (χ0v) is 10.7. The predicted molar refractivity (Wildman–Crippen MR) is 65.1 cm³/mol. The van der Waals surface area contributed by atoms with Gasteiger partial charge in [-0.1, -0.05) is 20.8 Å².